The molecule has 6 nitrogen and oxygen atoms in total. The molecule has 0 radical (unpaired) electrons. The zero-order chi connectivity index (χ0) is 19.3. The van der Waals surface area contributed by atoms with Crippen molar-refractivity contribution >= 4 is 17.3 Å². The number of pyridine rings is 1. The van der Waals surface area contributed by atoms with E-state index in [9.17, 15) is 9.90 Å². The number of hydrogen-bond donors (Lipinski definition) is 2. The number of amides is 1. The number of phenolic OH excluding ortho intramolecular Hbond substituents is 1. The molecule has 0 aliphatic carbocycles. The molecule has 28 heavy (non-hydrogen) atoms. The quantitative estimate of drug-likeness (QED) is 0.717. The third-order valence-electron chi connectivity index (χ3n) is 4.56. The number of rotatable bonds is 5. The Kier molecular flexibility index (Phi) is 5.01. The second kappa shape index (κ2) is 7.92. The Morgan fingerprint density at radius 3 is 2.68 bits per heavy atom. The summed E-state index contributed by atoms with van der Waals surface area (Å²) in [6.45, 7) is 0. The molecule has 0 bridgehead atoms. The molecule has 1 aromatic heterocycles. The second-order valence-corrected chi connectivity index (χ2v) is 6.57. The van der Waals surface area contributed by atoms with Crippen LogP contribution in [0.3, 0.4) is 0 Å². The second-order valence-electron chi connectivity index (χ2n) is 6.57. The summed E-state index contributed by atoms with van der Waals surface area (Å²) in [6.07, 6.45) is 3.76. The molecule has 2 N–H and O–H groups in total. The van der Waals surface area contributed by atoms with E-state index in [2.05, 4.69) is 15.5 Å². The molecule has 0 saturated heterocycles. The van der Waals surface area contributed by atoms with Crippen LogP contribution in [0.25, 0.3) is 0 Å². The van der Waals surface area contributed by atoms with Crippen LogP contribution in [0.5, 0.6) is 5.75 Å². The number of benzene rings is 2. The van der Waals surface area contributed by atoms with Gasteiger partial charge in [-0.05, 0) is 41.5 Å². The van der Waals surface area contributed by atoms with Crippen molar-refractivity contribution in [2.24, 2.45) is 5.16 Å². The molecule has 1 aliphatic rings. The number of anilines is 1. The molecular weight excluding hydrogens is 354 g/mol. The molecule has 0 saturated carbocycles. The first-order valence-electron chi connectivity index (χ1n) is 8.99. The molecule has 1 aliphatic heterocycles. The molecule has 6 heteroatoms. The van der Waals surface area contributed by atoms with Crippen LogP contribution in [0.4, 0.5) is 5.69 Å². The number of oxime groups is 1. The predicted molar refractivity (Wildman–Crippen MR) is 106 cm³/mol. The summed E-state index contributed by atoms with van der Waals surface area (Å²) in [4.78, 5) is 21.8. The summed E-state index contributed by atoms with van der Waals surface area (Å²) in [6, 6.07) is 18.5. The van der Waals surface area contributed by atoms with Crippen LogP contribution >= 0.6 is 0 Å². The van der Waals surface area contributed by atoms with Gasteiger partial charge in [0.25, 0.3) is 5.91 Å². The highest BCUT2D eigenvalue weighted by atomic mass is 16.6. The number of aromatic nitrogens is 1. The Morgan fingerprint density at radius 1 is 1.11 bits per heavy atom. The van der Waals surface area contributed by atoms with Crippen molar-refractivity contribution in [1.29, 1.82) is 0 Å². The zero-order valence-electron chi connectivity index (χ0n) is 15.1. The van der Waals surface area contributed by atoms with Crippen LogP contribution in [0, 0.1) is 0 Å². The molecular formula is C22H19N3O3. The number of hydrogen-bond acceptors (Lipinski definition) is 5. The fourth-order valence-electron chi connectivity index (χ4n) is 3.03. The van der Waals surface area contributed by atoms with Crippen molar-refractivity contribution in [2.45, 2.75) is 18.9 Å². The summed E-state index contributed by atoms with van der Waals surface area (Å²) in [5, 5.41) is 16.8. The number of aromatic hydroxyl groups is 1. The minimum Gasteiger partial charge on any atom is -0.508 e. The zero-order valence-corrected chi connectivity index (χ0v) is 15.1. The lowest BCUT2D eigenvalue weighted by molar-refractivity contribution is -0.125. The van der Waals surface area contributed by atoms with Crippen molar-refractivity contribution in [3.63, 3.8) is 0 Å². The van der Waals surface area contributed by atoms with Crippen LogP contribution in [0.2, 0.25) is 0 Å². The van der Waals surface area contributed by atoms with E-state index in [4.69, 9.17) is 4.84 Å². The minimum absolute atomic E-state index is 0.240. The van der Waals surface area contributed by atoms with Crippen molar-refractivity contribution in [2.75, 3.05) is 5.32 Å². The largest absolute Gasteiger partial charge is 0.508 e. The Hall–Kier alpha value is -3.67. The van der Waals surface area contributed by atoms with Gasteiger partial charge < -0.3 is 15.3 Å². The lowest BCUT2D eigenvalue weighted by Gasteiger charge is -2.10. The summed E-state index contributed by atoms with van der Waals surface area (Å²) < 4.78 is 0. The smallest absolute Gasteiger partial charge is 0.268 e. The van der Waals surface area contributed by atoms with Crippen molar-refractivity contribution in [1.82, 2.24) is 4.98 Å². The highest BCUT2D eigenvalue weighted by Crippen LogP contribution is 2.22. The van der Waals surface area contributed by atoms with Gasteiger partial charge in [0.1, 0.15) is 5.75 Å². The summed E-state index contributed by atoms with van der Waals surface area (Å²) in [7, 11) is 0. The fourth-order valence-corrected chi connectivity index (χ4v) is 3.03. The molecule has 0 spiro atoms. The van der Waals surface area contributed by atoms with E-state index in [1.54, 1.807) is 24.5 Å². The van der Waals surface area contributed by atoms with Gasteiger partial charge in [0.15, 0.2) is 0 Å². The molecule has 140 valence electrons. The number of carbonyl (C=O) groups excluding carboxylic acids is 1. The van der Waals surface area contributed by atoms with E-state index < -0.39 is 6.10 Å². The van der Waals surface area contributed by atoms with E-state index in [-0.39, 0.29) is 11.7 Å². The number of nitrogens with one attached hydrogen (secondary N) is 1. The van der Waals surface area contributed by atoms with Gasteiger partial charge in [-0.15, -0.1) is 0 Å². The van der Waals surface area contributed by atoms with Gasteiger partial charge in [0, 0.05) is 36.5 Å². The Morgan fingerprint density at radius 2 is 1.93 bits per heavy atom. The number of carbonyl (C=O) groups is 1. The first-order chi connectivity index (χ1) is 13.7. The van der Waals surface area contributed by atoms with Crippen molar-refractivity contribution in [3.8, 4) is 5.75 Å². The van der Waals surface area contributed by atoms with Gasteiger partial charge in [0.2, 0.25) is 6.10 Å². The van der Waals surface area contributed by atoms with Gasteiger partial charge in [0.05, 0.1) is 5.71 Å². The van der Waals surface area contributed by atoms with Crippen LogP contribution in [-0.4, -0.2) is 27.8 Å². The van der Waals surface area contributed by atoms with Gasteiger partial charge in [-0.2, -0.15) is 0 Å². The molecule has 1 unspecified atom stereocenters. The third kappa shape index (κ3) is 4.01. The average molecular weight is 373 g/mol. The highest BCUT2D eigenvalue weighted by molar-refractivity contribution is 6.05. The first kappa shape index (κ1) is 17.7. The average Bonchev–Trinajstić information content (AvgIpc) is 3.22. The lowest BCUT2D eigenvalue weighted by Crippen LogP contribution is -2.28. The lowest BCUT2D eigenvalue weighted by atomic mass is 10.0. The molecule has 4 rings (SSSR count). The van der Waals surface area contributed by atoms with Crippen LogP contribution in [-0.2, 0) is 16.1 Å². The fraction of sp³-hybridized carbons (Fsp3) is 0.136. The monoisotopic (exact) mass is 373 g/mol. The van der Waals surface area contributed by atoms with E-state index >= 15 is 0 Å². The number of nitrogens with zero attached hydrogens (tertiary/aromatic N) is 2. The molecule has 1 atom stereocenters. The molecule has 0 fully saturated rings. The summed E-state index contributed by atoms with van der Waals surface area (Å²) >= 11 is 0. The minimum atomic E-state index is -0.656. The number of para-hydroxylation sites is 1. The van der Waals surface area contributed by atoms with Gasteiger partial charge >= 0.3 is 0 Å². The molecule has 3 aromatic rings. The Bertz CT molecular complexity index is 1000. The van der Waals surface area contributed by atoms with Gasteiger partial charge in [-0.1, -0.05) is 35.5 Å². The van der Waals surface area contributed by atoms with E-state index in [1.165, 1.54) is 0 Å². The maximum Gasteiger partial charge on any atom is 0.268 e. The Labute approximate surface area is 162 Å². The van der Waals surface area contributed by atoms with E-state index in [0.29, 0.717) is 24.2 Å². The normalized spacial score (nSPS) is 15.6. The first-order valence-corrected chi connectivity index (χ1v) is 8.99. The topological polar surface area (TPSA) is 83.8 Å². The SMILES string of the molecule is O=C(Nc1ccc(Cc2ccccc2O)cc1)C1CC(c2cccnc2)=NO1. The Balaban J connectivity index is 1.35. The van der Waals surface area contributed by atoms with Crippen LogP contribution < -0.4 is 5.32 Å². The molecule has 2 heterocycles. The summed E-state index contributed by atoms with van der Waals surface area (Å²) in [5.41, 5.74) is 4.15. The van der Waals surface area contributed by atoms with Crippen LogP contribution in [0.15, 0.2) is 78.2 Å². The maximum absolute atomic E-state index is 12.5. The van der Waals surface area contributed by atoms with Crippen molar-refractivity contribution in [3.05, 3.63) is 89.7 Å². The molecule has 1 amide bonds. The standard InChI is InChI=1S/C22H19N3O3/c26-20-6-2-1-4-16(20)12-15-7-9-18(10-8-15)24-22(27)21-13-19(25-28-21)17-5-3-11-23-14-17/h1-11,14,21,26H,12-13H2,(H,24,27). The van der Waals surface area contributed by atoms with Gasteiger partial charge in [-0.25, -0.2) is 0 Å². The van der Waals surface area contributed by atoms with E-state index in [1.807, 2.05) is 48.5 Å². The maximum atomic E-state index is 12.5. The third-order valence-corrected chi connectivity index (χ3v) is 4.56. The van der Waals surface area contributed by atoms with E-state index in [0.717, 1.165) is 16.7 Å². The predicted octanol–water partition coefficient (Wildman–Crippen LogP) is 3.51. The molecule has 2 aromatic carbocycles. The van der Waals surface area contributed by atoms with Gasteiger partial charge in [-0.3, -0.25) is 9.78 Å². The summed E-state index contributed by atoms with van der Waals surface area (Å²) in [5.74, 6) is 0.0405. The highest BCUT2D eigenvalue weighted by Gasteiger charge is 2.29. The number of phenols is 1. The van der Waals surface area contributed by atoms with Crippen LogP contribution in [0.1, 0.15) is 23.1 Å². The van der Waals surface area contributed by atoms with Crippen molar-refractivity contribution < 1.29 is 14.7 Å².